The summed E-state index contributed by atoms with van der Waals surface area (Å²) < 4.78 is 0. The van der Waals surface area contributed by atoms with Crippen LogP contribution in [0.2, 0.25) is 0 Å². The van der Waals surface area contributed by atoms with E-state index in [1.807, 2.05) is 0 Å². The van der Waals surface area contributed by atoms with Gasteiger partial charge in [0, 0.05) is 25.6 Å². The summed E-state index contributed by atoms with van der Waals surface area (Å²) in [7, 11) is 0. The van der Waals surface area contributed by atoms with Crippen molar-refractivity contribution in [2.45, 2.75) is 52.0 Å². The molecule has 1 aromatic rings. The van der Waals surface area contributed by atoms with Gasteiger partial charge in [-0.05, 0) is 44.7 Å². The quantitative estimate of drug-likeness (QED) is 0.834. The topological polar surface area (TPSA) is 32.3 Å². The molecular weight excluding hydrogens is 296 g/mol. The first-order valence-corrected chi connectivity index (χ1v) is 8.26. The highest BCUT2D eigenvalue weighted by atomic mass is 35.5. The highest BCUT2D eigenvalue weighted by Crippen LogP contribution is 2.13. The van der Waals surface area contributed by atoms with Crippen LogP contribution in [0.15, 0.2) is 24.3 Å². The van der Waals surface area contributed by atoms with Crippen LogP contribution in [-0.4, -0.2) is 36.5 Å². The molecule has 0 saturated carbocycles. The number of nitrogens with zero attached hydrogens (tertiary/aromatic N) is 1. The van der Waals surface area contributed by atoms with Gasteiger partial charge in [0.25, 0.3) is 0 Å². The van der Waals surface area contributed by atoms with E-state index >= 15 is 0 Å². The fourth-order valence-electron chi connectivity index (χ4n) is 3.00. The molecule has 0 spiro atoms. The van der Waals surface area contributed by atoms with Crippen LogP contribution in [0, 0.1) is 6.92 Å². The zero-order chi connectivity index (χ0) is 15.1. The number of carbonyl (C=O) groups is 1. The number of nitrogens with one attached hydrogen (secondary N) is 1. The van der Waals surface area contributed by atoms with E-state index in [1.165, 1.54) is 11.1 Å². The normalized spacial score (nSPS) is 17.1. The Labute approximate surface area is 140 Å². The lowest BCUT2D eigenvalue weighted by molar-refractivity contribution is -0.133. The lowest BCUT2D eigenvalue weighted by atomic mass is 10.1. The minimum Gasteiger partial charge on any atom is -0.338 e. The van der Waals surface area contributed by atoms with Crippen LogP contribution in [0.3, 0.4) is 0 Å². The fraction of sp³-hybridized carbons (Fsp3) is 0.611. The van der Waals surface area contributed by atoms with Gasteiger partial charge in [-0.2, -0.15) is 0 Å². The van der Waals surface area contributed by atoms with Crippen molar-refractivity contribution < 1.29 is 4.79 Å². The average molecular weight is 325 g/mol. The van der Waals surface area contributed by atoms with Gasteiger partial charge >= 0.3 is 0 Å². The summed E-state index contributed by atoms with van der Waals surface area (Å²) in [5, 5.41) is 3.36. The molecule has 1 fully saturated rings. The smallest absolute Gasteiger partial charge is 0.222 e. The summed E-state index contributed by atoms with van der Waals surface area (Å²) in [5.41, 5.74) is 2.62. The monoisotopic (exact) mass is 324 g/mol. The van der Waals surface area contributed by atoms with Crippen molar-refractivity contribution in [3.8, 4) is 0 Å². The van der Waals surface area contributed by atoms with Crippen LogP contribution in [0.5, 0.6) is 0 Å². The van der Waals surface area contributed by atoms with Gasteiger partial charge in [0.05, 0.1) is 0 Å². The van der Waals surface area contributed by atoms with Crippen LogP contribution >= 0.6 is 12.4 Å². The average Bonchev–Trinajstić information content (AvgIpc) is 3.00. The molecule has 1 aliphatic heterocycles. The van der Waals surface area contributed by atoms with E-state index in [1.54, 1.807) is 0 Å². The van der Waals surface area contributed by atoms with Crippen molar-refractivity contribution in [3.05, 3.63) is 35.4 Å². The summed E-state index contributed by atoms with van der Waals surface area (Å²) >= 11 is 0. The van der Waals surface area contributed by atoms with E-state index < -0.39 is 0 Å². The molecule has 1 heterocycles. The number of aryl methyl sites for hydroxylation is 2. The van der Waals surface area contributed by atoms with Crippen molar-refractivity contribution in [3.63, 3.8) is 0 Å². The molecule has 0 radical (unpaired) electrons. The Morgan fingerprint density at radius 2 is 2.05 bits per heavy atom. The third-order valence-corrected chi connectivity index (χ3v) is 4.24. The Morgan fingerprint density at radius 1 is 1.32 bits per heavy atom. The molecule has 0 aromatic heterocycles. The molecule has 1 aromatic carbocycles. The fourth-order valence-corrected chi connectivity index (χ4v) is 3.00. The predicted molar refractivity (Wildman–Crippen MR) is 94.6 cm³/mol. The zero-order valence-corrected chi connectivity index (χ0v) is 14.6. The lowest BCUT2D eigenvalue weighted by Crippen LogP contribution is -2.42. The molecule has 22 heavy (non-hydrogen) atoms. The molecule has 1 aliphatic rings. The number of carbonyl (C=O) groups excluding carboxylic acids is 1. The van der Waals surface area contributed by atoms with Gasteiger partial charge in [-0.15, -0.1) is 12.4 Å². The first-order chi connectivity index (χ1) is 10.2. The number of rotatable bonds is 7. The Bertz CT molecular complexity index is 441. The third kappa shape index (κ3) is 5.62. The van der Waals surface area contributed by atoms with E-state index in [0.717, 1.165) is 45.3 Å². The second kappa shape index (κ2) is 9.86. The minimum absolute atomic E-state index is 0. The maximum atomic E-state index is 12.5. The van der Waals surface area contributed by atoms with Crippen molar-refractivity contribution in [2.24, 2.45) is 0 Å². The molecule has 1 N–H and O–H groups in total. The molecule has 1 unspecified atom stereocenters. The molecule has 1 saturated heterocycles. The second-order valence-corrected chi connectivity index (χ2v) is 6.07. The highest BCUT2D eigenvalue weighted by molar-refractivity contribution is 5.85. The Kier molecular flexibility index (Phi) is 8.51. The number of hydrogen-bond donors (Lipinski definition) is 1. The van der Waals surface area contributed by atoms with E-state index in [-0.39, 0.29) is 12.4 Å². The van der Waals surface area contributed by atoms with Gasteiger partial charge in [0.1, 0.15) is 0 Å². The van der Waals surface area contributed by atoms with Crippen LogP contribution in [0.25, 0.3) is 0 Å². The molecule has 0 bridgehead atoms. The van der Waals surface area contributed by atoms with E-state index in [2.05, 4.69) is 48.3 Å². The van der Waals surface area contributed by atoms with Crippen molar-refractivity contribution in [1.82, 2.24) is 10.2 Å². The number of hydrogen-bond acceptors (Lipinski definition) is 2. The first kappa shape index (κ1) is 19.0. The predicted octanol–water partition coefficient (Wildman–Crippen LogP) is 3.34. The summed E-state index contributed by atoms with van der Waals surface area (Å²) in [6.45, 7) is 7.15. The van der Waals surface area contributed by atoms with Crippen molar-refractivity contribution in [2.75, 3.05) is 19.6 Å². The maximum Gasteiger partial charge on any atom is 0.222 e. The number of amides is 1. The summed E-state index contributed by atoms with van der Waals surface area (Å²) in [6.07, 6.45) is 4.76. The van der Waals surface area contributed by atoms with Crippen LogP contribution in [-0.2, 0) is 11.2 Å². The highest BCUT2D eigenvalue weighted by Gasteiger charge is 2.25. The van der Waals surface area contributed by atoms with Gasteiger partial charge in [-0.1, -0.05) is 36.8 Å². The van der Waals surface area contributed by atoms with Gasteiger partial charge in [0.2, 0.25) is 5.91 Å². The molecule has 3 nitrogen and oxygen atoms in total. The van der Waals surface area contributed by atoms with Crippen molar-refractivity contribution in [1.29, 1.82) is 0 Å². The number of halogens is 1. The minimum atomic E-state index is 0. The Morgan fingerprint density at radius 3 is 2.64 bits per heavy atom. The van der Waals surface area contributed by atoms with Gasteiger partial charge in [-0.3, -0.25) is 4.79 Å². The molecule has 0 aliphatic carbocycles. The summed E-state index contributed by atoms with van der Waals surface area (Å²) in [4.78, 5) is 14.6. The molecule has 1 amide bonds. The molecule has 4 heteroatoms. The van der Waals surface area contributed by atoms with Crippen LogP contribution in [0.1, 0.15) is 43.7 Å². The molecule has 124 valence electrons. The number of benzene rings is 1. The second-order valence-electron chi connectivity index (χ2n) is 6.07. The Balaban J connectivity index is 0.00000242. The summed E-state index contributed by atoms with van der Waals surface area (Å²) in [5.74, 6) is 0.331. The third-order valence-electron chi connectivity index (χ3n) is 4.24. The van der Waals surface area contributed by atoms with Crippen LogP contribution < -0.4 is 5.32 Å². The standard InChI is InChI=1S/C18H28N2O.ClH/c1-3-13-20(17-11-12-19-14-17)18(21)6-4-5-16-9-7-15(2)8-10-16;/h7-10,17,19H,3-6,11-14H2,1-2H3;1H. The summed E-state index contributed by atoms with van der Waals surface area (Å²) in [6, 6.07) is 9.04. The maximum absolute atomic E-state index is 12.5. The molecular formula is C18H29ClN2O. The van der Waals surface area contributed by atoms with Crippen LogP contribution in [0.4, 0.5) is 0 Å². The first-order valence-electron chi connectivity index (χ1n) is 8.26. The molecule has 1 atom stereocenters. The van der Waals surface area contributed by atoms with Crippen molar-refractivity contribution >= 4 is 18.3 Å². The van der Waals surface area contributed by atoms with Gasteiger partial charge in [-0.25, -0.2) is 0 Å². The van der Waals surface area contributed by atoms with E-state index in [9.17, 15) is 4.79 Å². The van der Waals surface area contributed by atoms with E-state index in [0.29, 0.717) is 18.4 Å². The van der Waals surface area contributed by atoms with Gasteiger partial charge in [0.15, 0.2) is 0 Å². The zero-order valence-electron chi connectivity index (χ0n) is 13.8. The lowest BCUT2D eigenvalue weighted by Gasteiger charge is -2.28. The Hall–Kier alpha value is -1.06. The SMILES string of the molecule is CCCN(C(=O)CCCc1ccc(C)cc1)C1CCNC1.Cl. The van der Waals surface area contributed by atoms with Gasteiger partial charge < -0.3 is 10.2 Å². The largest absolute Gasteiger partial charge is 0.338 e. The van der Waals surface area contributed by atoms with E-state index in [4.69, 9.17) is 0 Å². The molecule has 2 rings (SSSR count).